The number of imidazole rings is 1. The van der Waals surface area contributed by atoms with Gasteiger partial charge in [0, 0.05) is 28.0 Å². The van der Waals surface area contributed by atoms with E-state index in [0.29, 0.717) is 38.7 Å². The molecule has 2 aromatic carbocycles. The summed E-state index contributed by atoms with van der Waals surface area (Å²) in [5, 5.41) is 1.61. The fourth-order valence-electron chi connectivity index (χ4n) is 2.22. The van der Waals surface area contributed by atoms with Gasteiger partial charge in [0.15, 0.2) is 0 Å². The summed E-state index contributed by atoms with van der Waals surface area (Å²) < 4.78 is 7.71. The summed E-state index contributed by atoms with van der Waals surface area (Å²) in [6.45, 7) is 4.44. The highest BCUT2D eigenvalue weighted by Crippen LogP contribution is 2.37. The van der Waals surface area contributed by atoms with Crippen LogP contribution in [0.4, 0.5) is 0 Å². The van der Waals surface area contributed by atoms with Crippen LogP contribution in [0.2, 0.25) is 15.1 Å². The third-order valence-corrected chi connectivity index (χ3v) is 4.18. The minimum Gasteiger partial charge on any atom is -0.487 e. The number of hydrogen-bond donors (Lipinski definition) is 0. The zero-order valence-electron chi connectivity index (χ0n) is 12.5. The average Bonchev–Trinajstić information content (AvgIpc) is 3.09. The fraction of sp³-hybridized carbons (Fsp3) is 0.0556. The maximum Gasteiger partial charge on any atom is 0.147 e. The molecule has 0 fully saturated rings. The number of benzene rings is 2. The predicted octanol–water partition coefficient (Wildman–Crippen LogP) is 5.94. The molecule has 0 atom stereocenters. The predicted molar refractivity (Wildman–Crippen MR) is 98.9 cm³/mol. The van der Waals surface area contributed by atoms with Crippen molar-refractivity contribution < 1.29 is 4.74 Å². The van der Waals surface area contributed by atoms with Crippen LogP contribution in [0.3, 0.4) is 0 Å². The van der Waals surface area contributed by atoms with Gasteiger partial charge in [-0.15, -0.1) is 0 Å². The Kier molecular flexibility index (Phi) is 5.14. The van der Waals surface area contributed by atoms with Gasteiger partial charge >= 0.3 is 0 Å². The number of rotatable bonds is 5. The van der Waals surface area contributed by atoms with E-state index in [4.69, 9.17) is 39.5 Å². The summed E-state index contributed by atoms with van der Waals surface area (Å²) in [6.07, 6.45) is 5.12. The smallest absolute Gasteiger partial charge is 0.147 e. The number of aromatic nitrogens is 2. The van der Waals surface area contributed by atoms with E-state index in [1.54, 1.807) is 35.4 Å². The molecule has 0 amide bonds. The first kappa shape index (κ1) is 16.9. The normalized spacial score (nSPS) is 10.6. The summed E-state index contributed by atoms with van der Waals surface area (Å²) in [4.78, 5) is 4.03. The lowest BCUT2D eigenvalue weighted by atomic mass is 10.1. The van der Waals surface area contributed by atoms with Crippen LogP contribution in [-0.2, 0) is 6.61 Å². The summed E-state index contributed by atoms with van der Waals surface area (Å²) >= 11 is 18.4. The van der Waals surface area contributed by atoms with E-state index in [2.05, 4.69) is 11.6 Å². The molecule has 3 nitrogen and oxygen atoms in total. The van der Waals surface area contributed by atoms with E-state index in [0.717, 1.165) is 5.56 Å². The minimum atomic E-state index is 0.350. The minimum absolute atomic E-state index is 0.350. The molecule has 0 aliphatic carbocycles. The van der Waals surface area contributed by atoms with Crippen molar-refractivity contribution in [2.45, 2.75) is 6.61 Å². The van der Waals surface area contributed by atoms with E-state index in [1.165, 1.54) is 0 Å². The quantitative estimate of drug-likeness (QED) is 0.548. The van der Waals surface area contributed by atoms with Gasteiger partial charge in [0.1, 0.15) is 12.4 Å². The molecule has 0 aliphatic rings. The molecular formula is C18H13Cl3N2O. The van der Waals surface area contributed by atoms with E-state index < -0.39 is 0 Å². The van der Waals surface area contributed by atoms with Crippen LogP contribution in [0, 0.1) is 0 Å². The largest absolute Gasteiger partial charge is 0.487 e. The van der Waals surface area contributed by atoms with Gasteiger partial charge in [-0.1, -0.05) is 53.5 Å². The Morgan fingerprint density at radius 1 is 1.08 bits per heavy atom. The Balaban J connectivity index is 1.91. The first-order valence-corrected chi connectivity index (χ1v) is 8.22. The monoisotopic (exact) mass is 378 g/mol. The van der Waals surface area contributed by atoms with Crippen molar-refractivity contribution in [1.29, 1.82) is 0 Å². The first-order chi connectivity index (χ1) is 11.5. The van der Waals surface area contributed by atoms with Crippen molar-refractivity contribution in [2.75, 3.05) is 0 Å². The molecule has 3 aromatic rings. The highest BCUT2D eigenvalue weighted by atomic mass is 35.5. The summed E-state index contributed by atoms with van der Waals surface area (Å²) in [6, 6.07) is 10.8. The lowest BCUT2D eigenvalue weighted by Crippen LogP contribution is -2.02. The molecule has 0 spiro atoms. The molecule has 24 heavy (non-hydrogen) atoms. The lowest BCUT2D eigenvalue weighted by molar-refractivity contribution is 0.305. The molecule has 3 rings (SSSR count). The molecule has 1 aromatic heterocycles. The van der Waals surface area contributed by atoms with Crippen LogP contribution in [0.1, 0.15) is 11.1 Å². The Morgan fingerprint density at radius 2 is 1.83 bits per heavy atom. The Hall–Kier alpha value is -1.94. The standard InChI is InChI=1S/C18H13Cl3N2O/c1-12(23-7-6-22-11-23)16-8-15(20)9-17(21)18(16)24-10-13-2-4-14(19)5-3-13/h2-9,11H,1,10H2. The van der Waals surface area contributed by atoms with Crippen LogP contribution >= 0.6 is 34.8 Å². The van der Waals surface area contributed by atoms with Gasteiger partial charge in [0.05, 0.1) is 17.0 Å². The van der Waals surface area contributed by atoms with Gasteiger partial charge in [-0.05, 0) is 29.8 Å². The Labute approximate surface area is 155 Å². The average molecular weight is 380 g/mol. The van der Waals surface area contributed by atoms with Crippen molar-refractivity contribution >= 4 is 40.5 Å². The summed E-state index contributed by atoms with van der Waals surface area (Å²) in [7, 11) is 0. The zero-order valence-corrected chi connectivity index (χ0v) is 14.8. The molecule has 0 saturated heterocycles. The van der Waals surface area contributed by atoms with Gasteiger partial charge in [0.25, 0.3) is 0 Å². The van der Waals surface area contributed by atoms with Crippen LogP contribution in [0.15, 0.2) is 61.7 Å². The molecule has 0 bridgehead atoms. The van der Waals surface area contributed by atoms with Crippen LogP contribution < -0.4 is 4.74 Å². The maximum atomic E-state index is 6.34. The molecule has 0 N–H and O–H groups in total. The second-order valence-electron chi connectivity index (χ2n) is 5.10. The highest BCUT2D eigenvalue weighted by Gasteiger charge is 2.15. The van der Waals surface area contributed by atoms with Crippen molar-refractivity contribution in [3.8, 4) is 5.75 Å². The van der Waals surface area contributed by atoms with Gasteiger partial charge in [-0.25, -0.2) is 4.98 Å². The Bertz CT molecular complexity index is 859. The van der Waals surface area contributed by atoms with Crippen molar-refractivity contribution in [2.24, 2.45) is 0 Å². The molecule has 122 valence electrons. The SMILES string of the molecule is C=C(c1cc(Cl)cc(Cl)c1OCc1ccc(Cl)cc1)n1ccnc1. The van der Waals surface area contributed by atoms with Crippen molar-refractivity contribution in [1.82, 2.24) is 9.55 Å². The second kappa shape index (κ2) is 7.31. The highest BCUT2D eigenvalue weighted by molar-refractivity contribution is 6.36. The molecular weight excluding hydrogens is 367 g/mol. The maximum absolute atomic E-state index is 6.34. The topological polar surface area (TPSA) is 27.1 Å². The van der Waals surface area contributed by atoms with Crippen LogP contribution in [0.25, 0.3) is 5.70 Å². The van der Waals surface area contributed by atoms with Crippen LogP contribution in [-0.4, -0.2) is 9.55 Å². The van der Waals surface area contributed by atoms with E-state index in [9.17, 15) is 0 Å². The second-order valence-corrected chi connectivity index (χ2v) is 6.38. The van der Waals surface area contributed by atoms with Gasteiger partial charge in [-0.2, -0.15) is 0 Å². The summed E-state index contributed by atoms with van der Waals surface area (Å²) in [5.41, 5.74) is 2.35. The molecule has 0 saturated carbocycles. The molecule has 0 unspecified atom stereocenters. The molecule has 0 aliphatic heterocycles. The zero-order chi connectivity index (χ0) is 17.1. The number of nitrogens with zero attached hydrogens (tertiary/aromatic N) is 2. The molecule has 6 heteroatoms. The van der Waals surface area contributed by atoms with Gasteiger partial charge in [0.2, 0.25) is 0 Å². The van der Waals surface area contributed by atoms with E-state index in [-0.39, 0.29) is 0 Å². The fourth-order valence-corrected chi connectivity index (χ4v) is 2.89. The third-order valence-electron chi connectivity index (χ3n) is 3.43. The van der Waals surface area contributed by atoms with E-state index >= 15 is 0 Å². The Morgan fingerprint density at radius 3 is 2.50 bits per heavy atom. The van der Waals surface area contributed by atoms with Gasteiger partial charge in [-0.3, -0.25) is 0 Å². The summed E-state index contributed by atoms with van der Waals surface area (Å²) in [5.74, 6) is 0.523. The van der Waals surface area contributed by atoms with E-state index in [1.807, 2.05) is 24.3 Å². The van der Waals surface area contributed by atoms with Crippen LogP contribution in [0.5, 0.6) is 5.75 Å². The molecule has 1 heterocycles. The number of ether oxygens (including phenoxy) is 1. The molecule has 0 radical (unpaired) electrons. The number of halogens is 3. The lowest BCUT2D eigenvalue weighted by Gasteiger charge is -2.16. The number of hydrogen-bond acceptors (Lipinski definition) is 2. The first-order valence-electron chi connectivity index (χ1n) is 7.08. The van der Waals surface area contributed by atoms with Crippen molar-refractivity contribution in [3.63, 3.8) is 0 Å². The van der Waals surface area contributed by atoms with Crippen molar-refractivity contribution in [3.05, 3.63) is 87.9 Å². The third kappa shape index (κ3) is 3.75. The van der Waals surface area contributed by atoms with Gasteiger partial charge < -0.3 is 9.30 Å².